The van der Waals surface area contributed by atoms with E-state index in [1.165, 1.54) is 28.4 Å². The minimum absolute atomic E-state index is 0.410. The van der Waals surface area contributed by atoms with Gasteiger partial charge >= 0.3 is 6.09 Å². The molecule has 2 rings (SSSR count). The molecule has 1 amide bonds. The molecular weight excluding hydrogens is 390 g/mol. The molecule has 0 heterocycles. The fraction of sp³-hybridized carbons (Fsp3) is 0.381. The van der Waals surface area contributed by atoms with E-state index in [1.54, 1.807) is 51.1 Å². The monoisotopic (exact) mass is 417 g/mol. The fourth-order valence-electron chi connectivity index (χ4n) is 2.51. The number of anilines is 1. The molecule has 0 aliphatic carbocycles. The van der Waals surface area contributed by atoms with E-state index in [4.69, 9.17) is 23.7 Å². The summed E-state index contributed by atoms with van der Waals surface area (Å²) in [5, 5.41) is 11.1. The van der Waals surface area contributed by atoms with Crippen molar-refractivity contribution in [2.75, 3.05) is 33.8 Å². The van der Waals surface area contributed by atoms with Crippen molar-refractivity contribution >= 4 is 23.2 Å². The molecule has 0 saturated carbocycles. The van der Waals surface area contributed by atoms with Gasteiger partial charge in [0.1, 0.15) is 11.4 Å². The predicted octanol–water partition coefficient (Wildman–Crippen LogP) is 5.48. The number of nitrogens with zero attached hydrogens (tertiary/aromatic N) is 2. The Morgan fingerprint density at radius 3 is 1.87 bits per heavy atom. The molecule has 0 unspecified atom stereocenters. The quantitative estimate of drug-likeness (QED) is 0.599. The average Bonchev–Trinajstić information content (AvgIpc) is 2.69. The number of hydrogen-bond acceptors (Lipinski definition) is 8. The summed E-state index contributed by atoms with van der Waals surface area (Å²) >= 11 is 0. The van der Waals surface area contributed by atoms with Crippen molar-refractivity contribution in [3.05, 3.63) is 30.3 Å². The molecule has 0 fully saturated rings. The molecule has 1 N–H and O–H groups in total. The fourth-order valence-corrected chi connectivity index (χ4v) is 2.51. The van der Waals surface area contributed by atoms with Crippen LogP contribution in [0.1, 0.15) is 20.8 Å². The van der Waals surface area contributed by atoms with Crippen LogP contribution in [0, 0.1) is 0 Å². The van der Waals surface area contributed by atoms with Crippen LogP contribution in [0.5, 0.6) is 23.0 Å². The van der Waals surface area contributed by atoms with E-state index in [9.17, 15) is 4.79 Å². The van der Waals surface area contributed by atoms with Crippen molar-refractivity contribution in [1.29, 1.82) is 0 Å². The molecule has 162 valence electrons. The Morgan fingerprint density at radius 1 is 0.800 bits per heavy atom. The molecule has 0 aromatic heterocycles. The first-order valence-corrected chi connectivity index (χ1v) is 9.10. The molecular formula is C21H27N3O6. The molecule has 30 heavy (non-hydrogen) atoms. The van der Waals surface area contributed by atoms with Crippen LogP contribution >= 0.6 is 0 Å². The van der Waals surface area contributed by atoms with Gasteiger partial charge < -0.3 is 23.7 Å². The SMILES string of the molecule is COc1ccc(N=Nc2cc(OC)c(OC)c(OC)c2)cc1NC(=O)OC(C)(C)C. The van der Waals surface area contributed by atoms with Crippen molar-refractivity contribution in [1.82, 2.24) is 0 Å². The van der Waals surface area contributed by atoms with Crippen molar-refractivity contribution in [3.8, 4) is 23.0 Å². The van der Waals surface area contributed by atoms with Crippen LogP contribution in [0.3, 0.4) is 0 Å². The number of azo groups is 1. The minimum atomic E-state index is -0.624. The Hall–Kier alpha value is -3.49. The molecule has 0 radical (unpaired) electrons. The van der Waals surface area contributed by atoms with Crippen molar-refractivity contribution in [2.24, 2.45) is 10.2 Å². The molecule has 0 saturated heterocycles. The smallest absolute Gasteiger partial charge is 0.412 e. The van der Waals surface area contributed by atoms with Gasteiger partial charge in [-0.05, 0) is 39.0 Å². The summed E-state index contributed by atoms with van der Waals surface area (Å²) in [5.41, 5.74) is 0.784. The first-order valence-electron chi connectivity index (χ1n) is 9.10. The van der Waals surface area contributed by atoms with Crippen LogP contribution in [-0.4, -0.2) is 40.1 Å². The summed E-state index contributed by atoms with van der Waals surface area (Å²) in [4.78, 5) is 12.1. The van der Waals surface area contributed by atoms with Gasteiger partial charge in [-0.15, -0.1) is 0 Å². The lowest BCUT2D eigenvalue weighted by atomic mass is 10.2. The third-order valence-electron chi connectivity index (χ3n) is 3.75. The van der Waals surface area contributed by atoms with Gasteiger partial charge in [-0.1, -0.05) is 0 Å². The largest absolute Gasteiger partial charge is 0.495 e. The maximum absolute atomic E-state index is 12.1. The molecule has 9 nitrogen and oxygen atoms in total. The Morgan fingerprint density at radius 2 is 1.37 bits per heavy atom. The van der Waals surface area contributed by atoms with E-state index in [1.807, 2.05) is 0 Å². The average molecular weight is 417 g/mol. The summed E-state index contributed by atoms with van der Waals surface area (Å²) in [5.74, 6) is 1.86. The van der Waals surface area contributed by atoms with E-state index in [2.05, 4.69) is 15.5 Å². The number of carbonyl (C=O) groups is 1. The maximum atomic E-state index is 12.1. The van der Waals surface area contributed by atoms with Crippen LogP contribution in [0.15, 0.2) is 40.6 Å². The first-order chi connectivity index (χ1) is 14.2. The van der Waals surface area contributed by atoms with E-state index < -0.39 is 11.7 Å². The van der Waals surface area contributed by atoms with E-state index >= 15 is 0 Å². The van der Waals surface area contributed by atoms with E-state index in [0.29, 0.717) is 40.1 Å². The third-order valence-corrected chi connectivity index (χ3v) is 3.75. The normalized spacial score (nSPS) is 11.2. The summed E-state index contributed by atoms with van der Waals surface area (Å²) in [6.45, 7) is 5.35. The molecule has 9 heteroatoms. The Bertz CT molecular complexity index is 896. The maximum Gasteiger partial charge on any atom is 0.412 e. The summed E-state index contributed by atoms with van der Waals surface area (Å²) in [6.07, 6.45) is -0.598. The van der Waals surface area contributed by atoms with Gasteiger partial charge in [-0.3, -0.25) is 5.32 Å². The highest BCUT2D eigenvalue weighted by atomic mass is 16.6. The second-order valence-electron chi connectivity index (χ2n) is 7.10. The summed E-state index contributed by atoms with van der Waals surface area (Å²) < 4.78 is 26.5. The molecule has 2 aromatic carbocycles. The molecule has 0 bridgehead atoms. The van der Waals surface area contributed by atoms with Gasteiger partial charge in [0.15, 0.2) is 11.5 Å². The molecule has 2 aromatic rings. The predicted molar refractivity (Wildman–Crippen MR) is 113 cm³/mol. The molecule has 0 aliphatic rings. The third kappa shape index (κ3) is 6.00. The lowest BCUT2D eigenvalue weighted by Gasteiger charge is -2.20. The van der Waals surface area contributed by atoms with Crippen LogP contribution in [0.25, 0.3) is 0 Å². The van der Waals surface area contributed by atoms with Gasteiger partial charge in [0, 0.05) is 12.1 Å². The zero-order chi connectivity index (χ0) is 22.3. The van der Waals surface area contributed by atoms with Gasteiger partial charge in [-0.2, -0.15) is 10.2 Å². The van der Waals surface area contributed by atoms with Crippen LogP contribution in [0.2, 0.25) is 0 Å². The number of rotatable bonds is 7. The van der Waals surface area contributed by atoms with Gasteiger partial charge in [0.25, 0.3) is 0 Å². The van der Waals surface area contributed by atoms with Crippen molar-refractivity contribution < 1.29 is 28.5 Å². The van der Waals surface area contributed by atoms with Gasteiger partial charge in [-0.25, -0.2) is 4.79 Å². The highest BCUT2D eigenvalue weighted by Crippen LogP contribution is 2.41. The standard InChI is InChI=1S/C21H27N3O6/c1-21(2,3)30-20(25)22-15-10-13(8-9-16(15)26-4)23-24-14-11-17(27-5)19(29-7)18(12-14)28-6/h8-12H,1-7H3,(H,22,25). The highest BCUT2D eigenvalue weighted by Gasteiger charge is 2.18. The number of nitrogens with one attached hydrogen (secondary N) is 1. The number of methoxy groups -OCH3 is 4. The number of ether oxygens (including phenoxy) is 5. The lowest BCUT2D eigenvalue weighted by Crippen LogP contribution is -2.27. The van der Waals surface area contributed by atoms with Crippen LogP contribution in [-0.2, 0) is 4.74 Å². The highest BCUT2D eigenvalue weighted by molar-refractivity contribution is 5.87. The van der Waals surface area contributed by atoms with Crippen LogP contribution in [0.4, 0.5) is 21.9 Å². The Balaban J connectivity index is 2.30. The zero-order valence-corrected chi connectivity index (χ0v) is 18.2. The Kier molecular flexibility index (Phi) is 7.46. The van der Waals surface area contributed by atoms with E-state index in [-0.39, 0.29) is 0 Å². The molecule has 0 aliphatic heterocycles. The Labute approximate surface area is 175 Å². The topological polar surface area (TPSA) is 100.0 Å². The number of hydrogen-bond donors (Lipinski definition) is 1. The number of amides is 1. The molecule has 0 atom stereocenters. The number of benzene rings is 2. The van der Waals surface area contributed by atoms with Gasteiger partial charge in [0.05, 0.1) is 45.5 Å². The molecule has 0 spiro atoms. The van der Waals surface area contributed by atoms with Crippen molar-refractivity contribution in [3.63, 3.8) is 0 Å². The second-order valence-corrected chi connectivity index (χ2v) is 7.10. The number of carbonyl (C=O) groups excluding carboxylic acids is 1. The van der Waals surface area contributed by atoms with Gasteiger partial charge in [0.2, 0.25) is 5.75 Å². The van der Waals surface area contributed by atoms with E-state index in [0.717, 1.165) is 0 Å². The summed E-state index contributed by atoms with van der Waals surface area (Å²) in [7, 11) is 6.08. The first kappa shape index (κ1) is 22.8. The minimum Gasteiger partial charge on any atom is -0.495 e. The zero-order valence-electron chi connectivity index (χ0n) is 18.2. The van der Waals surface area contributed by atoms with Crippen molar-refractivity contribution in [2.45, 2.75) is 26.4 Å². The summed E-state index contributed by atoms with van der Waals surface area (Å²) in [6, 6.07) is 8.36. The van der Waals surface area contributed by atoms with Crippen LogP contribution < -0.4 is 24.3 Å². The second kappa shape index (κ2) is 9.82. The lowest BCUT2D eigenvalue weighted by molar-refractivity contribution is 0.0635.